The standard InChI is InChI=1S/C22H25F2N3O4/c1-31-8-7-25-22(30)20-15(12-28)18-11-26-17(3-2-4-19(26)29)21(20)27(18)10-13-9-14(23)5-6-16(13)24/h2-6,9,15,18,20-21,28H,7-8,10-12H2,1H3,(H,25,30)/t15-,18-,20+,21+/m0/s1. The van der Waals surface area contributed by atoms with Crippen LogP contribution in [0.3, 0.4) is 0 Å². The summed E-state index contributed by atoms with van der Waals surface area (Å²) in [5.41, 5.74) is 0.600. The van der Waals surface area contributed by atoms with Gasteiger partial charge < -0.3 is 19.7 Å². The van der Waals surface area contributed by atoms with E-state index in [0.717, 1.165) is 18.2 Å². The van der Waals surface area contributed by atoms with Crippen LogP contribution in [0, 0.1) is 23.5 Å². The first-order chi connectivity index (χ1) is 15.0. The van der Waals surface area contributed by atoms with E-state index in [1.807, 2.05) is 4.90 Å². The third-order valence-corrected chi connectivity index (χ3v) is 6.31. The van der Waals surface area contributed by atoms with E-state index >= 15 is 0 Å². The lowest BCUT2D eigenvalue weighted by molar-refractivity contribution is -0.127. The molecule has 2 N–H and O–H groups in total. The van der Waals surface area contributed by atoms with Gasteiger partial charge in [0.25, 0.3) is 5.56 Å². The highest BCUT2D eigenvalue weighted by molar-refractivity contribution is 5.80. The number of fused-ring (bicyclic) bond motifs is 4. The minimum absolute atomic E-state index is 0.0559. The third kappa shape index (κ3) is 3.88. The number of nitrogens with one attached hydrogen (secondary N) is 1. The molecule has 2 aliphatic heterocycles. The molecule has 31 heavy (non-hydrogen) atoms. The summed E-state index contributed by atoms with van der Waals surface area (Å²) in [6.45, 7) is 0.691. The summed E-state index contributed by atoms with van der Waals surface area (Å²) in [7, 11) is 1.53. The molecule has 7 nitrogen and oxygen atoms in total. The van der Waals surface area contributed by atoms with Crippen molar-refractivity contribution >= 4 is 5.91 Å². The summed E-state index contributed by atoms with van der Waals surface area (Å²) in [5.74, 6) is -2.48. The Labute approximate surface area is 178 Å². The summed E-state index contributed by atoms with van der Waals surface area (Å²) >= 11 is 0. The first-order valence-corrected chi connectivity index (χ1v) is 10.2. The van der Waals surface area contributed by atoms with Crippen LogP contribution in [0.2, 0.25) is 0 Å². The number of carbonyl (C=O) groups is 1. The van der Waals surface area contributed by atoms with Crippen molar-refractivity contribution in [3.8, 4) is 0 Å². The van der Waals surface area contributed by atoms with E-state index in [0.29, 0.717) is 18.8 Å². The molecule has 3 heterocycles. The normalized spacial score (nSPS) is 24.8. The number of aromatic nitrogens is 1. The van der Waals surface area contributed by atoms with Crippen molar-refractivity contribution in [2.24, 2.45) is 11.8 Å². The van der Waals surface area contributed by atoms with Crippen LogP contribution >= 0.6 is 0 Å². The molecular formula is C22H25F2N3O4. The molecule has 0 spiro atoms. The second kappa shape index (κ2) is 8.86. The average Bonchev–Trinajstić information content (AvgIpc) is 2.95. The van der Waals surface area contributed by atoms with Crippen LogP contribution in [0.5, 0.6) is 0 Å². The first-order valence-electron chi connectivity index (χ1n) is 10.2. The number of pyridine rings is 1. The van der Waals surface area contributed by atoms with Crippen LogP contribution in [-0.4, -0.2) is 53.4 Å². The topological polar surface area (TPSA) is 83.8 Å². The molecule has 0 unspecified atom stereocenters. The maximum absolute atomic E-state index is 14.4. The molecule has 0 aliphatic carbocycles. The highest BCUT2D eigenvalue weighted by Crippen LogP contribution is 2.48. The SMILES string of the molecule is COCCNC(=O)[C@@H]1[C@@H](CO)[C@@H]2Cn3c(cccc3=O)[C@H]1N2Cc1cc(F)ccc1F. The lowest BCUT2D eigenvalue weighted by atomic mass is 9.86. The van der Waals surface area contributed by atoms with Crippen molar-refractivity contribution in [1.82, 2.24) is 14.8 Å². The van der Waals surface area contributed by atoms with Crippen LogP contribution in [0.4, 0.5) is 8.78 Å². The molecule has 1 saturated heterocycles. The van der Waals surface area contributed by atoms with Gasteiger partial charge in [0.2, 0.25) is 5.91 Å². The zero-order valence-corrected chi connectivity index (χ0v) is 17.1. The highest BCUT2D eigenvalue weighted by atomic mass is 19.1. The van der Waals surface area contributed by atoms with Gasteiger partial charge in [0, 0.05) is 62.6 Å². The van der Waals surface area contributed by atoms with Crippen LogP contribution in [-0.2, 0) is 22.6 Å². The van der Waals surface area contributed by atoms with Crippen molar-refractivity contribution in [3.63, 3.8) is 0 Å². The van der Waals surface area contributed by atoms with Gasteiger partial charge in [-0.15, -0.1) is 0 Å². The number of methoxy groups -OCH3 is 1. The average molecular weight is 433 g/mol. The monoisotopic (exact) mass is 433 g/mol. The van der Waals surface area contributed by atoms with E-state index in [1.165, 1.54) is 13.2 Å². The van der Waals surface area contributed by atoms with Crippen molar-refractivity contribution < 1.29 is 23.4 Å². The molecule has 9 heteroatoms. The number of aliphatic hydroxyl groups excluding tert-OH is 1. The van der Waals surface area contributed by atoms with Gasteiger partial charge in [-0.2, -0.15) is 0 Å². The zero-order chi connectivity index (χ0) is 22.1. The minimum atomic E-state index is -0.654. The van der Waals surface area contributed by atoms with Gasteiger partial charge in [-0.25, -0.2) is 8.78 Å². The number of benzene rings is 1. The number of rotatable bonds is 7. The van der Waals surface area contributed by atoms with Gasteiger partial charge in [-0.1, -0.05) is 6.07 Å². The number of amides is 1. The molecular weight excluding hydrogens is 408 g/mol. The van der Waals surface area contributed by atoms with Gasteiger partial charge in [-0.05, 0) is 24.3 Å². The fourth-order valence-corrected chi connectivity index (χ4v) is 4.95. The van der Waals surface area contributed by atoms with E-state index in [4.69, 9.17) is 4.74 Å². The molecule has 0 radical (unpaired) electrons. The number of carbonyl (C=O) groups excluding carboxylic acids is 1. The quantitative estimate of drug-likeness (QED) is 0.638. The van der Waals surface area contributed by atoms with Gasteiger partial charge >= 0.3 is 0 Å². The zero-order valence-electron chi connectivity index (χ0n) is 17.1. The number of hydrogen-bond donors (Lipinski definition) is 2. The lowest BCUT2D eigenvalue weighted by Gasteiger charge is -2.38. The fraction of sp³-hybridized carbons (Fsp3) is 0.455. The predicted octanol–water partition coefficient (Wildman–Crippen LogP) is 1.05. The van der Waals surface area contributed by atoms with Crippen LogP contribution in [0.1, 0.15) is 17.3 Å². The Bertz CT molecular complexity index is 1030. The van der Waals surface area contributed by atoms with Crippen LogP contribution < -0.4 is 10.9 Å². The van der Waals surface area contributed by atoms with E-state index in [2.05, 4.69) is 5.32 Å². The fourth-order valence-electron chi connectivity index (χ4n) is 4.95. The van der Waals surface area contributed by atoms with E-state index in [1.54, 1.807) is 16.7 Å². The predicted molar refractivity (Wildman–Crippen MR) is 108 cm³/mol. The van der Waals surface area contributed by atoms with Crippen molar-refractivity contribution in [2.75, 3.05) is 26.9 Å². The van der Waals surface area contributed by atoms with Crippen LogP contribution in [0.15, 0.2) is 41.2 Å². The number of aliphatic hydroxyl groups is 1. The molecule has 1 aromatic heterocycles. The Kier molecular flexibility index (Phi) is 6.17. The second-order valence-corrected chi connectivity index (χ2v) is 7.98. The van der Waals surface area contributed by atoms with Gasteiger partial charge in [0.05, 0.1) is 18.6 Å². The van der Waals surface area contributed by atoms with E-state index in [-0.39, 0.29) is 42.8 Å². The number of nitrogens with zero attached hydrogens (tertiary/aromatic N) is 2. The first kappa shape index (κ1) is 21.6. The molecule has 2 bridgehead atoms. The maximum Gasteiger partial charge on any atom is 0.250 e. The summed E-state index contributed by atoms with van der Waals surface area (Å²) in [6.07, 6.45) is 0. The lowest BCUT2D eigenvalue weighted by Crippen LogP contribution is -2.46. The number of ether oxygens (including phenoxy) is 1. The third-order valence-electron chi connectivity index (χ3n) is 6.31. The summed E-state index contributed by atoms with van der Waals surface area (Å²) in [4.78, 5) is 27.5. The smallest absolute Gasteiger partial charge is 0.250 e. The second-order valence-electron chi connectivity index (χ2n) is 7.98. The Morgan fingerprint density at radius 2 is 2.10 bits per heavy atom. The summed E-state index contributed by atoms with van der Waals surface area (Å²) in [5, 5.41) is 13.0. The Balaban J connectivity index is 1.76. The van der Waals surface area contributed by atoms with Gasteiger partial charge in [0.15, 0.2) is 0 Å². The van der Waals surface area contributed by atoms with Gasteiger partial charge in [-0.3, -0.25) is 14.5 Å². The largest absolute Gasteiger partial charge is 0.396 e. The van der Waals surface area contributed by atoms with E-state index in [9.17, 15) is 23.5 Å². The molecule has 1 aromatic carbocycles. The van der Waals surface area contributed by atoms with Crippen molar-refractivity contribution in [2.45, 2.75) is 25.2 Å². The van der Waals surface area contributed by atoms with Crippen LogP contribution in [0.25, 0.3) is 0 Å². The molecule has 4 atom stereocenters. The summed E-state index contributed by atoms with van der Waals surface area (Å²) < 4.78 is 34.8. The molecule has 2 aliphatic rings. The number of halogens is 2. The minimum Gasteiger partial charge on any atom is -0.396 e. The number of hydrogen-bond acceptors (Lipinski definition) is 5. The molecule has 1 fully saturated rings. The molecule has 2 aromatic rings. The van der Waals surface area contributed by atoms with Gasteiger partial charge in [0.1, 0.15) is 11.6 Å². The molecule has 1 amide bonds. The molecule has 0 saturated carbocycles. The van der Waals surface area contributed by atoms with E-state index < -0.39 is 29.5 Å². The Morgan fingerprint density at radius 1 is 1.29 bits per heavy atom. The van der Waals surface area contributed by atoms with Crippen molar-refractivity contribution in [3.05, 3.63) is 69.6 Å². The van der Waals surface area contributed by atoms with Crippen molar-refractivity contribution in [1.29, 1.82) is 0 Å². The maximum atomic E-state index is 14.4. The Morgan fingerprint density at radius 3 is 2.84 bits per heavy atom. The molecule has 4 rings (SSSR count). The summed E-state index contributed by atoms with van der Waals surface area (Å²) in [6, 6.07) is 7.18. The molecule has 166 valence electrons. The highest BCUT2D eigenvalue weighted by Gasteiger charge is 2.55. The Hall–Kier alpha value is -2.62.